The molecule has 1 aromatic heterocycles. The predicted octanol–water partition coefficient (Wildman–Crippen LogP) is 2.41. The molecule has 2 rings (SSSR count). The van der Waals surface area contributed by atoms with Gasteiger partial charge in [0.05, 0.1) is 19.1 Å². The summed E-state index contributed by atoms with van der Waals surface area (Å²) in [6, 6.07) is 9.91. The van der Waals surface area contributed by atoms with E-state index in [1.54, 1.807) is 12.1 Å². The van der Waals surface area contributed by atoms with Crippen molar-refractivity contribution >= 4 is 23.5 Å². The van der Waals surface area contributed by atoms with Gasteiger partial charge in [-0.05, 0) is 43.3 Å². The minimum Gasteiger partial charge on any atom is -0.465 e. The lowest BCUT2D eigenvalue weighted by molar-refractivity contribution is -0.148. The maximum Gasteiger partial charge on any atom is 0.337 e. The van der Waals surface area contributed by atoms with Gasteiger partial charge in [0, 0.05) is 24.1 Å². The SMILES string of the molecule is COC(=O)c1ccc(NC(=O)COC(=O)C[C@@H](C)n2cccc2)cc1. The Morgan fingerprint density at radius 2 is 1.76 bits per heavy atom. The number of hydrogen-bond donors (Lipinski definition) is 1. The van der Waals surface area contributed by atoms with Gasteiger partial charge in [0.1, 0.15) is 0 Å². The average molecular weight is 344 g/mol. The molecule has 1 heterocycles. The summed E-state index contributed by atoms with van der Waals surface area (Å²) in [5.74, 6) is -1.35. The van der Waals surface area contributed by atoms with Crippen molar-refractivity contribution in [2.75, 3.05) is 19.0 Å². The standard InChI is InChI=1S/C18H20N2O5/c1-13(20-9-3-4-10-20)11-17(22)25-12-16(21)19-15-7-5-14(6-8-15)18(23)24-2/h3-10,13H,11-12H2,1-2H3,(H,19,21)/t13-/m1/s1. The molecule has 0 saturated carbocycles. The number of aromatic nitrogens is 1. The van der Waals surface area contributed by atoms with Gasteiger partial charge >= 0.3 is 11.9 Å². The van der Waals surface area contributed by atoms with Crippen LogP contribution in [0, 0.1) is 0 Å². The first-order valence-electron chi connectivity index (χ1n) is 7.76. The Kier molecular flexibility index (Phi) is 6.33. The number of nitrogens with one attached hydrogen (secondary N) is 1. The minimum absolute atomic E-state index is 0.0450. The van der Waals surface area contributed by atoms with Crippen LogP contribution in [0.4, 0.5) is 5.69 Å². The van der Waals surface area contributed by atoms with Gasteiger partial charge in [0.2, 0.25) is 0 Å². The Morgan fingerprint density at radius 3 is 2.36 bits per heavy atom. The number of anilines is 1. The molecule has 0 spiro atoms. The summed E-state index contributed by atoms with van der Waals surface area (Å²) in [5.41, 5.74) is 0.875. The van der Waals surface area contributed by atoms with Crippen molar-refractivity contribution in [2.45, 2.75) is 19.4 Å². The lowest BCUT2D eigenvalue weighted by atomic mass is 10.2. The molecular formula is C18H20N2O5. The number of ether oxygens (including phenoxy) is 2. The largest absolute Gasteiger partial charge is 0.465 e. The van der Waals surface area contributed by atoms with Crippen LogP contribution in [0.2, 0.25) is 0 Å². The zero-order chi connectivity index (χ0) is 18.2. The zero-order valence-corrected chi connectivity index (χ0v) is 14.1. The molecule has 1 N–H and O–H groups in total. The van der Waals surface area contributed by atoms with Crippen LogP contribution in [0.3, 0.4) is 0 Å². The first kappa shape index (κ1) is 18.3. The highest BCUT2D eigenvalue weighted by atomic mass is 16.5. The number of amides is 1. The van der Waals surface area contributed by atoms with Crippen molar-refractivity contribution in [3.05, 3.63) is 54.4 Å². The topological polar surface area (TPSA) is 86.6 Å². The lowest BCUT2D eigenvalue weighted by Gasteiger charge is -2.13. The Labute approximate surface area is 145 Å². The van der Waals surface area contributed by atoms with E-state index in [9.17, 15) is 14.4 Å². The summed E-state index contributed by atoms with van der Waals surface area (Å²) in [6.45, 7) is 1.53. The van der Waals surface area contributed by atoms with Crippen molar-refractivity contribution in [2.24, 2.45) is 0 Å². The molecule has 132 valence electrons. The Bertz CT molecular complexity index is 722. The van der Waals surface area contributed by atoms with Crippen molar-refractivity contribution < 1.29 is 23.9 Å². The van der Waals surface area contributed by atoms with Crippen LogP contribution in [-0.2, 0) is 19.1 Å². The molecule has 2 aromatic rings. The first-order chi connectivity index (χ1) is 12.0. The lowest BCUT2D eigenvalue weighted by Crippen LogP contribution is -2.22. The van der Waals surface area contributed by atoms with Gasteiger partial charge in [-0.15, -0.1) is 0 Å². The molecule has 0 saturated heterocycles. The minimum atomic E-state index is -0.455. The molecule has 0 fully saturated rings. The van der Waals surface area contributed by atoms with Gasteiger partial charge in [-0.1, -0.05) is 0 Å². The number of esters is 2. The maximum atomic E-state index is 11.8. The van der Waals surface area contributed by atoms with Crippen molar-refractivity contribution in [3.63, 3.8) is 0 Å². The number of hydrogen-bond acceptors (Lipinski definition) is 5. The summed E-state index contributed by atoms with van der Waals surface area (Å²) in [6.07, 6.45) is 3.90. The van der Waals surface area contributed by atoms with E-state index in [0.29, 0.717) is 11.3 Å². The van der Waals surface area contributed by atoms with E-state index in [0.717, 1.165) is 0 Å². The third-order valence-electron chi connectivity index (χ3n) is 3.55. The molecule has 7 heteroatoms. The molecule has 25 heavy (non-hydrogen) atoms. The molecule has 0 unspecified atom stereocenters. The number of nitrogens with zero attached hydrogens (tertiary/aromatic N) is 1. The molecular weight excluding hydrogens is 324 g/mol. The Hall–Kier alpha value is -3.09. The second-order valence-corrected chi connectivity index (χ2v) is 5.46. The molecule has 1 aromatic carbocycles. The van der Waals surface area contributed by atoms with E-state index in [4.69, 9.17) is 4.74 Å². The molecule has 0 aliphatic heterocycles. The Morgan fingerprint density at radius 1 is 1.12 bits per heavy atom. The van der Waals surface area contributed by atoms with E-state index < -0.39 is 17.8 Å². The van der Waals surface area contributed by atoms with Crippen LogP contribution in [0.5, 0.6) is 0 Å². The highest BCUT2D eigenvalue weighted by Gasteiger charge is 2.13. The molecule has 0 bridgehead atoms. The second kappa shape index (κ2) is 8.68. The molecule has 0 aliphatic carbocycles. The van der Waals surface area contributed by atoms with Gasteiger partial charge < -0.3 is 19.4 Å². The van der Waals surface area contributed by atoms with E-state index in [1.807, 2.05) is 36.0 Å². The monoisotopic (exact) mass is 344 g/mol. The second-order valence-electron chi connectivity index (χ2n) is 5.46. The molecule has 7 nitrogen and oxygen atoms in total. The average Bonchev–Trinajstić information content (AvgIpc) is 3.15. The number of carbonyl (C=O) groups excluding carboxylic acids is 3. The van der Waals surface area contributed by atoms with Gasteiger partial charge in [0.15, 0.2) is 6.61 Å². The van der Waals surface area contributed by atoms with Crippen LogP contribution in [0.15, 0.2) is 48.8 Å². The van der Waals surface area contributed by atoms with E-state index in [2.05, 4.69) is 10.1 Å². The van der Waals surface area contributed by atoms with Gasteiger partial charge in [-0.2, -0.15) is 0 Å². The van der Waals surface area contributed by atoms with E-state index in [1.165, 1.54) is 19.2 Å². The smallest absolute Gasteiger partial charge is 0.337 e. The number of methoxy groups -OCH3 is 1. The fraction of sp³-hybridized carbons (Fsp3) is 0.278. The Balaban J connectivity index is 1.76. The first-order valence-corrected chi connectivity index (χ1v) is 7.76. The van der Waals surface area contributed by atoms with Crippen LogP contribution >= 0.6 is 0 Å². The fourth-order valence-corrected chi connectivity index (χ4v) is 2.20. The van der Waals surface area contributed by atoms with Gasteiger partial charge in [0.25, 0.3) is 5.91 Å². The molecule has 0 aliphatic rings. The number of carbonyl (C=O) groups is 3. The summed E-state index contributed by atoms with van der Waals surface area (Å²) in [5, 5.41) is 2.59. The molecule has 1 amide bonds. The van der Waals surface area contributed by atoms with E-state index >= 15 is 0 Å². The fourth-order valence-electron chi connectivity index (χ4n) is 2.20. The van der Waals surface area contributed by atoms with Gasteiger partial charge in [-0.3, -0.25) is 9.59 Å². The third kappa shape index (κ3) is 5.49. The van der Waals surface area contributed by atoms with Crippen LogP contribution < -0.4 is 5.32 Å². The summed E-state index contributed by atoms with van der Waals surface area (Å²) in [4.78, 5) is 34.9. The van der Waals surface area contributed by atoms with Crippen molar-refractivity contribution in [1.29, 1.82) is 0 Å². The normalized spacial score (nSPS) is 11.4. The quantitative estimate of drug-likeness (QED) is 0.780. The van der Waals surface area contributed by atoms with Crippen LogP contribution in [0.1, 0.15) is 29.7 Å². The number of benzene rings is 1. The predicted molar refractivity (Wildman–Crippen MR) is 91.1 cm³/mol. The number of rotatable bonds is 7. The third-order valence-corrected chi connectivity index (χ3v) is 3.55. The maximum absolute atomic E-state index is 11.8. The van der Waals surface area contributed by atoms with Crippen LogP contribution in [0.25, 0.3) is 0 Å². The molecule has 0 radical (unpaired) electrons. The highest BCUT2D eigenvalue weighted by molar-refractivity contribution is 5.94. The summed E-state index contributed by atoms with van der Waals surface area (Å²) >= 11 is 0. The van der Waals surface area contributed by atoms with Gasteiger partial charge in [-0.25, -0.2) is 4.79 Å². The highest BCUT2D eigenvalue weighted by Crippen LogP contribution is 2.12. The van der Waals surface area contributed by atoms with Crippen molar-refractivity contribution in [3.8, 4) is 0 Å². The van der Waals surface area contributed by atoms with Crippen LogP contribution in [-0.4, -0.2) is 36.1 Å². The summed E-state index contributed by atoms with van der Waals surface area (Å²) in [7, 11) is 1.30. The van der Waals surface area contributed by atoms with Crippen molar-refractivity contribution in [1.82, 2.24) is 4.57 Å². The summed E-state index contributed by atoms with van der Waals surface area (Å²) < 4.78 is 11.5. The zero-order valence-electron chi connectivity index (χ0n) is 14.1. The van der Waals surface area contributed by atoms with E-state index in [-0.39, 0.29) is 19.1 Å². The molecule has 1 atom stereocenters.